The fourth-order valence-electron chi connectivity index (χ4n) is 1.75. The Hall–Kier alpha value is -2.20. The molecule has 104 valence electrons. The van der Waals surface area contributed by atoms with E-state index in [9.17, 15) is 4.79 Å². The summed E-state index contributed by atoms with van der Waals surface area (Å²) in [7, 11) is 0. The van der Waals surface area contributed by atoms with Crippen LogP contribution in [0, 0.1) is 0 Å². The molecule has 0 aliphatic heterocycles. The van der Waals surface area contributed by atoms with Crippen molar-refractivity contribution in [2.45, 2.75) is 6.92 Å². The standard InChI is InChI=1S/C15H15ClN2O2/c1-2-20-12-5-3-4-11(9-12)18-15(19)13-8-10(17)6-7-14(13)16/h3-9H,2,17H2,1H3,(H,18,19). The zero-order valence-electron chi connectivity index (χ0n) is 11.0. The Morgan fingerprint density at radius 2 is 2.10 bits per heavy atom. The quantitative estimate of drug-likeness (QED) is 0.846. The fraction of sp³-hybridized carbons (Fsp3) is 0.133. The van der Waals surface area contributed by atoms with E-state index in [2.05, 4.69) is 5.32 Å². The number of hydrogen-bond donors (Lipinski definition) is 2. The number of nitrogens with two attached hydrogens (primary N) is 1. The van der Waals surface area contributed by atoms with E-state index in [4.69, 9.17) is 22.1 Å². The second kappa shape index (κ2) is 6.30. The molecule has 1 amide bonds. The van der Waals surface area contributed by atoms with Crippen molar-refractivity contribution in [1.29, 1.82) is 0 Å². The van der Waals surface area contributed by atoms with Crippen molar-refractivity contribution in [3.8, 4) is 5.75 Å². The van der Waals surface area contributed by atoms with E-state index in [1.807, 2.05) is 19.1 Å². The lowest BCUT2D eigenvalue weighted by atomic mass is 10.2. The van der Waals surface area contributed by atoms with Crippen molar-refractivity contribution in [3.63, 3.8) is 0 Å². The molecule has 4 nitrogen and oxygen atoms in total. The summed E-state index contributed by atoms with van der Waals surface area (Å²) in [5.41, 5.74) is 7.13. The Labute approximate surface area is 122 Å². The topological polar surface area (TPSA) is 64.3 Å². The van der Waals surface area contributed by atoms with Gasteiger partial charge >= 0.3 is 0 Å². The van der Waals surface area contributed by atoms with Crippen LogP contribution in [-0.4, -0.2) is 12.5 Å². The summed E-state index contributed by atoms with van der Waals surface area (Å²) in [6.45, 7) is 2.47. The van der Waals surface area contributed by atoms with Crippen LogP contribution in [0.15, 0.2) is 42.5 Å². The van der Waals surface area contributed by atoms with Gasteiger partial charge in [0.2, 0.25) is 0 Å². The molecule has 0 aliphatic rings. The molecule has 0 radical (unpaired) electrons. The van der Waals surface area contributed by atoms with E-state index in [-0.39, 0.29) is 5.91 Å². The van der Waals surface area contributed by atoms with Crippen molar-refractivity contribution >= 4 is 28.9 Å². The predicted molar refractivity (Wildman–Crippen MR) is 81.4 cm³/mol. The lowest BCUT2D eigenvalue weighted by Gasteiger charge is -2.09. The highest BCUT2D eigenvalue weighted by molar-refractivity contribution is 6.34. The molecule has 0 fully saturated rings. The van der Waals surface area contributed by atoms with E-state index in [1.165, 1.54) is 0 Å². The van der Waals surface area contributed by atoms with Gasteiger partial charge in [-0.3, -0.25) is 4.79 Å². The highest BCUT2D eigenvalue weighted by Gasteiger charge is 2.11. The number of amides is 1. The van der Waals surface area contributed by atoms with Crippen molar-refractivity contribution in [1.82, 2.24) is 0 Å². The van der Waals surface area contributed by atoms with Crippen molar-refractivity contribution in [2.75, 3.05) is 17.7 Å². The number of carbonyl (C=O) groups excluding carboxylic acids is 1. The zero-order chi connectivity index (χ0) is 14.5. The number of nitrogens with one attached hydrogen (secondary N) is 1. The largest absolute Gasteiger partial charge is 0.494 e. The minimum Gasteiger partial charge on any atom is -0.494 e. The highest BCUT2D eigenvalue weighted by atomic mass is 35.5. The maximum atomic E-state index is 12.2. The van der Waals surface area contributed by atoms with Crippen LogP contribution >= 0.6 is 11.6 Å². The first-order chi connectivity index (χ1) is 9.60. The van der Waals surface area contributed by atoms with Crippen LogP contribution in [0.3, 0.4) is 0 Å². The molecule has 0 saturated heterocycles. The third-order valence-electron chi connectivity index (χ3n) is 2.64. The zero-order valence-corrected chi connectivity index (χ0v) is 11.8. The minimum atomic E-state index is -0.309. The van der Waals surface area contributed by atoms with Gasteiger partial charge in [0.05, 0.1) is 17.2 Å². The van der Waals surface area contributed by atoms with Gasteiger partial charge in [0.1, 0.15) is 5.75 Å². The Morgan fingerprint density at radius 3 is 2.85 bits per heavy atom. The third-order valence-corrected chi connectivity index (χ3v) is 2.97. The van der Waals surface area contributed by atoms with E-state index < -0.39 is 0 Å². The molecule has 0 saturated carbocycles. The molecule has 2 aromatic rings. The number of halogens is 1. The molecule has 20 heavy (non-hydrogen) atoms. The van der Waals surface area contributed by atoms with Crippen LogP contribution < -0.4 is 15.8 Å². The second-order valence-electron chi connectivity index (χ2n) is 4.15. The minimum absolute atomic E-state index is 0.309. The molecule has 0 spiro atoms. The molecule has 0 bridgehead atoms. The van der Waals surface area contributed by atoms with E-state index in [0.29, 0.717) is 34.3 Å². The molecule has 2 rings (SSSR count). The van der Waals surface area contributed by atoms with Crippen molar-refractivity contribution in [2.24, 2.45) is 0 Å². The summed E-state index contributed by atoms with van der Waals surface area (Å²) in [5.74, 6) is 0.389. The normalized spacial score (nSPS) is 10.1. The molecular weight excluding hydrogens is 276 g/mol. The van der Waals surface area contributed by atoms with Gasteiger partial charge < -0.3 is 15.8 Å². The van der Waals surface area contributed by atoms with Crippen LogP contribution in [0.4, 0.5) is 11.4 Å². The molecule has 3 N–H and O–H groups in total. The smallest absolute Gasteiger partial charge is 0.257 e. The van der Waals surface area contributed by atoms with Crippen LogP contribution in [0.25, 0.3) is 0 Å². The van der Waals surface area contributed by atoms with Crippen LogP contribution in [0.2, 0.25) is 5.02 Å². The monoisotopic (exact) mass is 290 g/mol. The van der Waals surface area contributed by atoms with Gasteiger partial charge in [0.25, 0.3) is 5.91 Å². The van der Waals surface area contributed by atoms with Crippen molar-refractivity contribution in [3.05, 3.63) is 53.1 Å². The lowest BCUT2D eigenvalue weighted by Crippen LogP contribution is -2.13. The summed E-state index contributed by atoms with van der Waals surface area (Å²) < 4.78 is 5.38. The summed E-state index contributed by atoms with van der Waals surface area (Å²) in [5, 5.41) is 3.13. The molecule has 0 aromatic heterocycles. The average Bonchev–Trinajstić information content (AvgIpc) is 2.42. The third kappa shape index (κ3) is 3.42. The number of hydrogen-bond acceptors (Lipinski definition) is 3. The highest BCUT2D eigenvalue weighted by Crippen LogP contribution is 2.22. The molecule has 0 atom stereocenters. The van der Waals surface area contributed by atoms with E-state index in [1.54, 1.807) is 30.3 Å². The Balaban J connectivity index is 2.19. The first-order valence-electron chi connectivity index (χ1n) is 6.19. The Bertz CT molecular complexity index is 629. The average molecular weight is 291 g/mol. The fourth-order valence-corrected chi connectivity index (χ4v) is 1.95. The number of carbonyl (C=O) groups is 1. The predicted octanol–water partition coefficient (Wildman–Crippen LogP) is 3.57. The Kier molecular flexibility index (Phi) is 4.48. The summed E-state index contributed by atoms with van der Waals surface area (Å²) in [6, 6.07) is 12.0. The molecule has 5 heteroatoms. The maximum absolute atomic E-state index is 12.2. The number of anilines is 2. The van der Waals surface area contributed by atoms with Gasteiger partial charge in [-0.15, -0.1) is 0 Å². The molecular formula is C15H15ClN2O2. The molecule has 2 aromatic carbocycles. The second-order valence-corrected chi connectivity index (χ2v) is 4.56. The van der Waals surface area contributed by atoms with Crippen LogP contribution in [-0.2, 0) is 0 Å². The molecule has 0 aliphatic carbocycles. The number of rotatable bonds is 4. The lowest BCUT2D eigenvalue weighted by molar-refractivity contribution is 0.102. The summed E-state index contributed by atoms with van der Waals surface area (Å²) >= 11 is 6.00. The van der Waals surface area contributed by atoms with Gasteiger partial charge in [-0.25, -0.2) is 0 Å². The Morgan fingerprint density at radius 1 is 1.30 bits per heavy atom. The van der Waals surface area contributed by atoms with E-state index in [0.717, 1.165) is 0 Å². The van der Waals surface area contributed by atoms with Gasteiger partial charge in [0.15, 0.2) is 0 Å². The van der Waals surface area contributed by atoms with Crippen molar-refractivity contribution < 1.29 is 9.53 Å². The van der Waals surface area contributed by atoms with Gasteiger partial charge in [-0.2, -0.15) is 0 Å². The van der Waals surface area contributed by atoms with Gasteiger partial charge in [-0.1, -0.05) is 17.7 Å². The van der Waals surface area contributed by atoms with E-state index >= 15 is 0 Å². The molecule has 0 unspecified atom stereocenters. The summed E-state index contributed by atoms with van der Waals surface area (Å²) in [4.78, 5) is 12.2. The number of ether oxygens (including phenoxy) is 1. The number of nitrogen functional groups attached to an aromatic ring is 1. The first-order valence-corrected chi connectivity index (χ1v) is 6.57. The SMILES string of the molecule is CCOc1cccc(NC(=O)c2cc(N)ccc2Cl)c1. The maximum Gasteiger partial charge on any atom is 0.257 e. The summed E-state index contributed by atoms with van der Waals surface area (Å²) in [6.07, 6.45) is 0. The van der Waals surface area contributed by atoms with Gasteiger partial charge in [-0.05, 0) is 37.3 Å². The van der Waals surface area contributed by atoms with Crippen LogP contribution in [0.5, 0.6) is 5.75 Å². The van der Waals surface area contributed by atoms with Crippen LogP contribution in [0.1, 0.15) is 17.3 Å². The van der Waals surface area contributed by atoms with Gasteiger partial charge in [0, 0.05) is 17.4 Å². The first kappa shape index (κ1) is 14.2. The number of benzene rings is 2. The molecule has 0 heterocycles.